The van der Waals surface area contributed by atoms with Gasteiger partial charge in [0.25, 0.3) is 5.91 Å². The summed E-state index contributed by atoms with van der Waals surface area (Å²) in [5.41, 5.74) is 4.07. The molecule has 0 unspecified atom stereocenters. The Kier molecular flexibility index (Phi) is 8.18. The van der Waals surface area contributed by atoms with Gasteiger partial charge in [0, 0.05) is 31.6 Å². The molecule has 0 radical (unpaired) electrons. The first-order valence-corrected chi connectivity index (χ1v) is 13.1. The van der Waals surface area contributed by atoms with Crippen LogP contribution in [-0.4, -0.2) is 41.4 Å². The molecule has 35 heavy (non-hydrogen) atoms. The molecule has 1 aromatic heterocycles. The average Bonchev–Trinajstić information content (AvgIpc) is 3.26. The molecule has 184 valence electrons. The summed E-state index contributed by atoms with van der Waals surface area (Å²) in [4.78, 5) is 32.9. The van der Waals surface area contributed by atoms with Gasteiger partial charge in [-0.3, -0.25) is 9.59 Å². The highest BCUT2D eigenvalue weighted by Gasteiger charge is 2.27. The molecular weight excluding hydrogens is 458 g/mol. The highest BCUT2D eigenvalue weighted by molar-refractivity contribution is 7.17. The zero-order valence-electron chi connectivity index (χ0n) is 20.7. The maximum absolute atomic E-state index is 13.2. The Morgan fingerprint density at radius 2 is 1.74 bits per heavy atom. The third-order valence-corrected chi connectivity index (χ3v) is 7.58. The van der Waals surface area contributed by atoms with Crippen molar-refractivity contribution in [1.82, 2.24) is 15.2 Å². The molecule has 1 aliphatic heterocycles. The molecule has 1 saturated heterocycles. The van der Waals surface area contributed by atoms with Gasteiger partial charge in [0.1, 0.15) is 15.6 Å². The quantitative estimate of drug-likeness (QED) is 0.459. The monoisotopic (exact) mass is 491 g/mol. The molecule has 2 amide bonds. The molecule has 0 atom stereocenters. The number of rotatable bonds is 8. The fraction of sp³-hybridized carbons (Fsp3) is 0.393. The topological polar surface area (TPSA) is 71.5 Å². The molecule has 0 aliphatic carbocycles. The number of aryl methyl sites for hydroxylation is 2. The van der Waals surface area contributed by atoms with Crippen LogP contribution in [0.25, 0.3) is 10.6 Å². The van der Waals surface area contributed by atoms with Gasteiger partial charge in [-0.2, -0.15) is 0 Å². The number of carbonyl (C=O) groups is 2. The Morgan fingerprint density at radius 3 is 2.40 bits per heavy atom. The maximum atomic E-state index is 13.2. The van der Waals surface area contributed by atoms with Crippen molar-refractivity contribution >= 4 is 23.2 Å². The number of hydrogen-bond donors (Lipinski definition) is 1. The van der Waals surface area contributed by atoms with Gasteiger partial charge in [-0.05, 0) is 57.2 Å². The predicted molar refractivity (Wildman–Crippen MR) is 140 cm³/mol. The van der Waals surface area contributed by atoms with E-state index in [1.54, 1.807) is 0 Å². The lowest BCUT2D eigenvalue weighted by Crippen LogP contribution is -2.39. The van der Waals surface area contributed by atoms with Crippen LogP contribution in [0.5, 0.6) is 5.75 Å². The third-order valence-electron chi connectivity index (χ3n) is 6.39. The number of carbonyl (C=O) groups excluding carboxylic acids is 2. The Morgan fingerprint density at radius 1 is 1.06 bits per heavy atom. The number of hydrogen-bond acceptors (Lipinski definition) is 5. The molecule has 1 fully saturated rings. The number of nitrogens with zero attached hydrogens (tertiary/aromatic N) is 2. The van der Waals surface area contributed by atoms with Gasteiger partial charge in [0.05, 0.1) is 12.3 Å². The van der Waals surface area contributed by atoms with Crippen LogP contribution in [0.15, 0.2) is 48.5 Å². The number of thiazole rings is 1. The SMILES string of the molecule is CCOc1ccc(CNC(=O)CC2CCN(C(=O)c3sc(-c4ccc(C)cc4)nc3C)CC2)cc1. The normalized spacial score (nSPS) is 14.1. The summed E-state index contributed by atoms with van der Waals surface area (Å²) >= 11 is 1.47. The van der Waals surface area contributed by atoms with E-state index in [2.05, 4.69) is 29.4 Å². The van der Waals surface area contributed by atoms with E-state index in [1.807, 2.05) is 55.1 Å². The minimum absolute atomic E-state index is 0.0526. The number of benzene rings is 2. The van der Waals surface area contributed by atoms with Crippen molar-refractivity contribution in [2.24, 2.45) is 5.92 Å². The standard InChI is InChI=1S/C28H33N3O3S/c1-4-34-24-11-7-22(8-12-24)18-29-25(32)17-21-13-15-31(16-14-21)28(33)26-20(3)30-27(35-26)23-9-5-19(2)6-10-23/h5-12,21H,4,13-18H2,1-3H3,(H,29,32). The zero-order chi connectivity index (χ0) is 24.8. The molecule has 0 saturated carbocycles. The van der Waals surface area contributed by atoms with Crippen LogP contribution in [0.4, 0.5) is 0 Å². The van der Waals surface area contributed by atoms with E-state index in [9.17, 15) is 9.59 Å². The Bertz CT molecular complexity index is 1150. The van der Waals surface area contributed by atoms with Gasteiger partial charge in [-0.15, -0.1) is 11.3 Å². The summed E-state index contributed by atoms with van der Waals surface area (Å²) in [6.45, 7) is 8.41. The van der Waals surface area contributed by atoms with Crippen molar-refractivity contribution < 1.29 is 14.3 Å². The van der Waals surface area contributed by atoms with Crippen molar-refractivity contribution in [1.29, 1.82) is 0 Å². The van der Waals surface area contributed by atoms with Crippen molar-refractivity contribution in [2.45, 2.75) is 46.6 Å². The summed E-state index contributed by atoms with van der Waals surface area (Å²) in [6, 6.07) is 16.0. The second-order valence-electron chi connectivity index (χ2n) is 9.09. The second kappa shape index (κ2) is 11.5. The molecule has 0 spiro atoms. The predicted octanol–water partition coefficient (Wildman–Crippen LogP) is 5.38. The van der Waals surface area contributed by atoms with Gasteiger partial charge in [-0.25, -0.2) is 4.98 Å². The van der Waals surface area contributed by atoms with Crippen molar-refractivity contribution in [3.8, 4) is 16.3 Å². The van der Waals surface area contributed by atoms with Crippen LogP contribution in [0, 0.1) is 19.8 Å². The van der Waals surface area contributed by atoms with Crippen LogP contribution in [0.2, 0.25) is 0 Å². The van der Waals surface area contributed by atoms with Gasteiger partial charge in [-0.1, -0.05) is 42.0 Å². The molecule has 2 heterocycles. The summed E-state index contributed by atoms with van der Waals surface area (Å²) in [6.07, 6.45) is 2.17. The lowest BCUT2D eigenvalue weighted by atomic mass is 9.93. The maximum Gasteiger partial charge on any atom is 0.265 e. The van der Waals surface area contributed by atoms with Crippen LogP contribution >= 0.6 is 11.3 Å². The molecule has 4 rings (SSSR count). The lowest BCUT2D eigenvalue weighted by Gasteiger charge is -2.31. The molecule has 7 heteroatoms. The van der Waals surface area contributed by atoms with Gasteiger partial charge < -0.3 is 15.0 Å². The summed E-state index contributed by atoms with van der Waals surface area (Å²) in [5.74, 6) is 1.25. The van der Waals surface area contributed by atoms with Crippen LogP contribution in [0.3, 0.4) is 0 Å². The van der Waals surface area contributed by atoms with E-state index >= 15 is 0 Å². The van der Waals surface area contributed by atoms with E-state index in [4.69, 9.17) is 4.74 Å². The molecule has 3 aromatic rings. The minimum Gasteiger partial charge on any atom is -0.494 e. The molecule has 0 bridgehead atoms. The minimum atomic E-state index is 0.0526. The number of nitrogens with one attached hydrogen (secondary N) is 1. The molecule has 1 N–H and O–H groups in total. The largest absolute Gasteiger partial charge is 0.494 e. The summed E-state index contributed by atoms with van der Waals surface area (Å²) < 4.78 is 5.45. The Hall–Kier alpha value is -3.19. The smallest absolute Gasteiger partial charge is 0.265 e. The summed E-state index contributed by atoms with van der Waals surface area (Å²) in [7, 11) is 0. The number of likely N-dealkylation sites (tertiary alicyclic amines) is 1. The van der Waals surface area contributed by atoms with Crippen LogP contribution in [0.1, 0.15) is 52.7 Å². The fourth-order valence-electron chi connectivity index (χ4n) is 4.30. The zero-order valence-corrected chi connectivity index (χ0v) is 21.5. The molecule has 2 aromatic carbocycles. The molecule has 6 nitrogen and oxygen atoms in total. The average molecular weight is 492 g/mol. The Labute approximate surface area is 211 Å². The van der Waals surface area contributed by atoms with Crippen molar-refractivity contribution in [3.05, 3.63) is 70.2 Å². The second-order valence-corrected chi connectivity index (χ2v) is 10.1. The van der Waals surface area contributed by atoms with E-state index in [-0.39, 0.29) is 11.8 Å². The first-order valence-electron chi connectivity index (χ1n) is 12.2. The van der Waals surface area contributed by atoms with E-state index in [0.29, 0.717) is 43.5 Å². The van der Waals surface area contributed by atoms with Crippen LogP contribution < -0.4 is 10.1 Å². The highest BCUT2D eigenvalue weighted by Crippen LogP contribution is 2.30. The van der Waals surface area contributed by atoms with Gasteiger partial charge in [0.15, 0.2) is 0 Å². The Balaban J connectivity index is 1.25. The van der Waals surface area contributed by atoms with E-state index < -0.39 is 0 Å². The van der Waals surface area contributed by atoms with E-state index in [0.717, 1.165) is 40.4 Å². The van der Waals surface area contributed by atoms with Crippen molar-refractivity contribution in [3.63, 3.8) is 0 Å². The van der Waals surface area contributed by atoms with Gasteiger partial charge in [0.2, 0.25) is 5.91 Å². The van der Waals surface area contributed by atoms with Crippen LogP contribution in [-0.2, 0) is 11.3 Å². The van der Waals surface area contributed by atoms with Crippen molar-refractivity contribution in [2.75, 3.05) is 19.7 Å². The molecule has 1 aliphatic rings. The van der Waals surface area contributed by atoms with Gasteiger partial charge >= 0.3 is 0 Å². The lowest BCUT2D eigenvalue weighted by molar-refractivity contribution is -0.122. The number of amides is 2. The first kappa shape index (κ1) is 24.9. The number of aromatic nitrogens is 1. The number of piperidine rings is 1. The molecular formula is C28H33N3O3S. The highest BCUT2D eigenvalue weighted by atomic mass is 32.1. The summed E-state index contributed by atoms with van der Waals surface area (Å²) in [5, 5.41) is 3.90. The first-order chi connectivity index (χ1) is 16.9. The number of ether oxygens (including phenoxy) is 1. The third kappa shape index (κ3) is 6.48. The van der Waals surface area contributed by atoms with E-state index in [1.165, 1.54) is 16.9 Å². The fourth-order valence-corrected chi connectivity index (χ4v) is 5.34.